The maximum atomic E-state index is 5.65. The summed E-state index contributed by atoms with van der Waals surface area (Å²) in [5.74, 6) is 1.79. The normalized spacial score (nSPS) is 10.5. The Morgan fingerprint density at radius 1 is 1.00 bits per heavy atom. The molecule has 88 valence electrons. The quantitative estimate of drug-likeness (QED) is 0.871. The Bertz CT molecular complexity index is 505. The molecule has 0 aliphatic heterocycles. The Balaban J connectivity index is 2.23. The Kier molecular flexibility index (Phi) is 3.32. The third-order valence-electron chi connectivity index (χ3n) is 2.54. The summed E-state index contributed by atoms with van der Waals surface area (Å²) in [5.41, 5.74) is 8.08. The zero-order chi connectivity index (χ0) is 12.3. The molecule has 0 radical (unpaired) electrons. The third-order valence-corrected chi connectivity index (χ3v) is 2.54. The van der Waals surface area contributed by atoms with E-state index in [9.17, 15) is 0 Å². The summed E-state index contributed by atoms with van der Waals surface area (Å²) < 4.78 is 0. The SMILES string of the molecule is CCc1nc(N)nc(Cc2ccc(C)cc2)n1. The van der Waals surface area contributed by atoms with E-state index in [0.717, 1.165) is 18.1 Å². The van der Waals surface area contributed by atoms with Crippen LogP contribution in [0.2, 0.25) is 0 Å². The van der Waals surface area contributed by atoms with Gasteiger partial charge in [-0.25, -0.2) is 4.98 Å². The van der Waals surface area contributed by atoms with Crippen molar-refractivity contribution < 1.29 is 0 Å². The lowest BCUT2D eigenvalue weighted by molar-refractivity contribution is 0.845. The van der Waals surface area contributed by atoms with Crippen molar-refractivity contribution in [1.82, 2.24) is 15.0 Å². The molecule has 0 saturated heterocycles. The number of aromatic nitrogens is 3. The molecule has 2 aromatic rings. The van der Waals surface area contributed by atoms with Gasteiger partial charge in [0.25, 0.3) is 0 Å². The summed E-state index contributed by atoms with van der Waals surface area (Å²) in [6, 6.07) is 8.34. The van der Waals surface area contributed by atoms with E-state index in [-0.39, 0.29) is 0 Å². The fourth-order valence-corrected chi connectivity index (χ4v) is 1.61. The summed E-state index contributed by atoms with van der Waals surface area (Å²) in [6.07, 6.45) is 1.47. The topological polar surface area (TPSA) is 64.7 Å². The number of nitrogens with zero attached hydrogens (tertiary/aromatic N) is 3. The molecule has 2 N–H and O–H groups in total. The van der Waals surface area contributed by atoms with Crippen LogP contribution in [0.4, 0.5) is 5.95 Å². The van der Waals surface area contributed by atoms with Gasteiger partial charge in [0.2, 0.25) is 5.95 Å². The maximum Gasteiger partial charge on any atom is 0.223 e. The van der Waals surface area contributed by atoms with E-state index < -0.39 is 0 Å². The Morgan fingerprint density at radius 3 is 2.29 bits per heavy atom. The van der Waals surface area contributed by atoms with Gasteiger partial charge in [-0.2, -0.15) is 9.97 Å². The summed E-state index contributed by atoms with van der Waals surface area (Å²) in [7, 11) is 0. The van der Waals surface area contributed by atoms with Crippen LogP contribution in [0, 0.1) is 6.92 Å². The largest absolute Gasteiger partial charge is 0.368 e. The van der Waals surface area contributed by atoms with Crippen LogP contribution in [0.3, 0.4) is 0 Å². The molecular weight excluding hydrogens is 212 g/mol. The second-order valence-electron chi connectivity index (χ2n) is 4.04. The zero-order valence-corrected chi connectivity index (χ0v) is 10.1. The highest BCUT2D eigenvalue weighted by molar-refractivity contribution is 5.25. The minimum atomic E-state index is 0.305. The van der Waals surface area contributed by atoms with Gasteiger partial charge in [0.05, 0.1) is 0 Å². The predicted octanol–water partition coefficient (Wildman–Crippen LogP) is 1.92. The highest BCUT2D eigenvalue weighted by atomic mass is 15.1. The first-order valence-electron chi connectivity index (χ1n) is 5.72. The van der Waals surface area contributed by atoms with Crippen molar-refractivity contribution in [2.24, 2.45) is 0 Å². The van der Waals surface area contributed by atoms with Gasteiger partial charge in [0.1, 0.15) is 11.6 Å². The van der Waals surface area contributed by atoms with Gasteiger partial charge in [-0.15, -0.1) is 0 Å². The lowest BCUT2D eigenvalue weighted by Gasteiger charge is -2.04. The average Bonchev–Trinajstić information content (AvgIpc) is 2.31. The second-order valence-corrected chi connectivity index (χ2v) is 4.04. The van der Waals surface area contributed by atoms with Crippen molar-refractivity contribution in [2.45, 2.75) is 26.7 Å². The van der Waals surface area contributed by atoms with Crippen molar-refractivity contribution in [3.8, 4) is 0 Å². The standard InChI is InChI=1S/C13H16N4/c1-3-11-15-12(17-13(14)16-11)8-10-6-4-9(2)5-7-10/h4-7H,3,8H2,1-2H3,(H2,14,15,16,17). The molecule has 2 rings (SSSR count). The van der Waals surface area contributed by atoms with Gasteiger partial charge in [-0.3, -0.25) is 0 Å². The van der Waals surface area contributed by atoms with Crippen molar-refractivity contribution in [2.75, 3.05) is 5.73 Å². The van der Waals surface area contributed by atoms with Gasteiger partial charge < -0.3 is 5.73 Å². The first-order chi connectivity index (χ1) is 8.17. The molecule has 0 saturated carbocycles. The van der Waals surface area contributed by atoms with E-state index in [0.29, 0.717) is 12.4 Å². The average molecular weight is 228 g/mol. The molecule has 0 aliphatic rings. The number of anilines is 1. The molecule has 1 aromatic carbocycles. The van der Waals surface area contributed by atoms with E-state index in [4.69, 9.17) is 5.73 Å². The van der Waals surface area contributed by atoms with Crippen LogP contribution in [0.25, 0.3) is 0 Å². The first kappa shape index (κ1) is 11.5. The van der Waals surface area contributed by atoms with Gasteiger partial charge in [0, 0.05) is 12.8 Å². The summed E-state index contributed by atoms with van der Waals surface area (Å²) in [6.45, 7) is 4.07. The number of rotatable bonds is 3. The summed E-state index contributed by atoms with van der Waals surface area (Å²) in [4.78, 5) is 12.6. The van der Waals surface area contributed by atoms with E-state index in [2.05, 4.69) is 46.1 Å². The van der Waals surface area contributed by atoms with Crippen LogP contribution in [0.15, 0.2) is 24.3 Å². The van der Waals surface area contributed by atoms with Gasteiger partial charge in [0.15, 0.2) is 0 Å². The number of nitrogen functional groups attached to an aromatic ring is 1. The lowest BCUT2D eigenvalue weighted by atomic mass is 10.1. The Hall–Kier alpha value is -1.97. The number of hydrogen-bond donors (Lipinski definition) is 1. The first-order valence-corrected chi connectivity index (χ1v) is 5.72. The molecule has 1 heterocycles. The zero-order valence-electron chi connectivity index (χ0n) is 10.1. The predicted molar refractivity (Wildman–Crippen MR) is 67.6 cm³/mol. The molecule has 4 heteroatoms. The fourth-order valence-electron chi connectivity index (χ4n) is 1.61. The molecule has 0 fully saturated rings. The highest BCUT2D eigenvalue weighted by Gasteiger charge is 2.04. The van der Waals surface area contributed by atoms with Crippen molar-refractivity contribution in [3.63, 3.8) is 0 Å². The van der Waals surface area contributed by atoms with Gasteiger partial charge in [-0.1, -0.05) is 36.8 Å². The van der Waals surface area contributed by atoms with Crippen molar-refractivity contribution in [3.05, 3.63) is 47.0 Å². The molecular formula is C13H16N4. The van der Waals surface area contributed by atoms with E-state index in [1.165, 1.54) is 11.1 Å². The van der Waals surface area contributed by atoms with Crippen LogP contribution in [-0.4, -0.2) is 15.0 Å². The molecule has 0 atom stereocenters. The summed E-state index contributed by atoms with van der Waals surface area (Å²) in [5, 5.41) is 0. The van der Waals surface area contributed by atoms with Crippen LogP contribution in [0.1, 0.15) is 29.7 Å². The molecule has 0 unspecified atom stereocenters. The molecule has 0 bridgehead atoms. The monoisotopic (exact) mass is 228 g/mol. The van der Waals surface area contributed by atoms with Crippen LogP contribution < -0.4 is 5.73 Å². The third kappa shape index (κ3) is 3.00. The molecule has 0 aliphatic carbocycles. The Morgan fingerprint density at radius 2 is 1.65 bits per heavy atom. The molecule has 17 heavy (non-hydrogen) atoms. The van der Waals surface area contributed by atoms with E-state index in [1.54, 1.807) is 0 Å². The number of aryl methyl sites for hydroxylation is 2. The van der Waals surface area contributed by atoms with Crippen LogP contribution >= 0.6 is 0 Å². The number of nitrogens with two attached hydrogens (primary N) is 1. The maximum absolute atomic E-state index is 5.65. The van der Waals surface area contributed by atoms with Crippen molar-refractivity contribution >= 4 is 5.95 Å². The van der Waals surface area contributed by atoms with Crippen molar-refractivity contribution in [1.29, 1.82) is 0 Å². The minimum absolute atomic E-state index is 0.305. The van der Waals surface area contributed by atoms with Gasteiger partial charge >= 0.3 is 0 Å². The highest BCUT2D eigenvalue weighted by Crippen LogP contribution is 2.08. The minimum Gasteiger partial charge on any atom is -0.368 e. The van der Waals surface area contributed by atoms with Gasteiger partial charge in [-0.05, 0) is 12.5 Å². The summed E-state index contributed by atoms with van der Waals surface area (Å²) >= 11 is 0. The molecule has 0 spiro atoms. The molecule has 0 amide bonds. The lowest BCUT2D eigenvalue weighted by Crippen LogP contribution is -2.07. The Labute approximate surface area is 101 Å². The second kappa shape index (κ2) is 4.91. The number of hydrogen-bond acceptors (Lipinski definition) is 4. The van der Waals surface area contributed by atoms with E-state index >= 15 is 0 Å². The molecule has 4 nitrogen and oxygen atoms in total. The van der Waals surface area contributed by atoms with E-state index in [1.807, 2.05) is 6.92 Å². The smallest absolute Gasteiger partial charge is 0.223 e. The number of benzene rings is 1. The molecule has 1 aromatic heterocycles. The van der Waals surface area contributed by atoms with Crippen LogP contribution in [0.5, 0.6) is 0 Å². The fraction of sp³-hybridized carbons (Fsp3) is 0.308. The van der Waals surface area contributed by atoms with Crippen LogP contribution in [-0.2, 0) is 12.8 Å².